The number of hydrogen-bond acceptors (Lipinski definition) is 7. The highest BCUT2D eigenvalue weighted by molar-refractivity contribution is 7.99. The minimum absolute atomic E-state index is 0.251. The van der Waals surface area contributed by atoms with Crippen LogP contribution in [0.4, 0.5) is 4.39 Å². The van der Waals surface area contributed by atoms with E-state index in [0.717, 1.165) is 55.0 Å². The fourth-order valence-electron chi connectivity index (χ4n) is 5.06. The van der Waals surface area contributed by atoms with Gasteiger partial charge in [-0.25, -0.2) is 13.9 Å². The van der Waals surface area contributed by atoms with Gasteiger partial charge in [-0.2, -0.15) is 15.5 Å². The van der Waals surface area contributed by atoms with Crippen molar-refractivity contribution in [2.24, 2.45) is 0 Å². The van der Waals surface area contributed by atoms with Crippen LogP contribution in [0.2, 0.25) is 0 Å². The van der Waals surface area contributed by atoms with E-state index in [1.54, 1.807) is 16.8 Å². The van der Waals surface area contributed by atoms with Gasteiger partial charge in [0.1, 0.15) is 11.1 Å². The summed E-state index contributed by atoms with van der Waals surface area (Å²) in [4.78, 5) is 11.8. The van der Waals surface area contributed by atoms with Gasteiger partial charge in [0.15, 0.2) is 5.82 Å². The summed E-state index contributed by atoms with van der Waals surface area (Å²) in [5.74, 6) is -0.405. The molecule has 1 fully saturated rings. The Kier molecular flexibility index (Phi) is 6.62. The van der Waals surface area contributed by atoms with Crippen molar-refractivity contribution < 1.29 is 4.39 Å². The van der Waals surface area contributed by atoms with Crippen molar-refractivity contribution in [3.05, 3.63) is 90.2 Å². The van der Waals surface area contributed by atoms with Crippen LogP contribution in [0.15, 0.2) is 77.3 Å². The summed E-state index contributed by atoms with van der Waals surface area (Å²) in [6.07, 6.45) is 10.8. The van der Waals surface area contributed by atoms with Crippen LogP contribution in [-0.2, 0) is 6.54 Å². The molecule has 1 saturated heterocycles. The third-order valence-corrected chi connectivity index (χ3v) is 8.02. The summed E-state index contributed by atoms with van der Waals surface area (Å²) in [7, 11) is 0. The lowest BCUT2D eigenvalue weighted by Gasteiger charge is -2.32. The molecule has 6 rings (SSSR count). The molecule has 0 saturated carbocycles. The summed E-state index contributed by atoms with van der Waals surface area (Å²) in [6.45, 7) is 4.93. The van der Waals surface area contributed by atoms with Crippen LogP contribution in [0.5, 0.6) is 0 Å². The van der Waals surface area contributed by atoms with Crippen molar-refractivity contribution in [3.8, 4) is 17.2 Å². The van der Waals surface area contributed by atoms with Gasteiger partial charge in [-0.3, -0.25) is 14.6 Å². The standard InChI is InChI=1S/C28H25FN8S/c1-19-24(16-34-37(19)23-7-11-35(12-8-23)18-22-5-2-3-9-31-22)20-13-26(38-28-25(29)6-4-10-32-28)27-21(14-30)15-33-36(27)17-20/h2-6,9-10,13,15-17,23H,7-8,11-12,18H2,1H3. The van der Waals surface area contributed by atoms with E-state index in [0.29, 0.717) is 22.0 Å². The summed E-state index contributed by atoms with van der Waals surface area (Å²) >= 11 is 1.19. The van der Waals surface area contributed by atoms with Crippen molar-refractivity contribution in [1.29, 1.82) is 5.26 Å². The second-order valence-electron chi connectivity index (χ2n) is 9.37. The van der Waals surface area contributed by atoms with Gasteiger partial charge < -0.3 is 0 Å². The number of rotatable bonds is 6. The van der Waals surface area contributed by atoms with Crippen LogP contribution in [0.1, 0.15) is 35.8 Å². The minimum atomic E-state index is -0.405. The fraction of sp³-hybridized carbons (Fsp3) is 0.250. The summed E-state index contributed by atoms with van der Waals surface area (Å²) in [5.41, 5.74) is 5.12. The van der Waals surface area contributed by atoms with Crippen LogP contribution in [0.25, 0.3) is 16.6 Å². The van der Waals surface area contributed by atoms with E-state index in [4.69, 9.17) is 5.10 Å². The van der Waals surface area contributed by atoms with Gasteiger partial charge in [0.2, 0.25) is 0 Å². The SMILES string of the molecule is Cc1c(-c2cc(Sc3ncccc3F)c3c(C#N)cnn3c2)cnn1C1CCN(Cc2ccccn2)CC1. The molecule has 0 radical (unpaired) electrons. The molecule has 0 aromatic carbocycles. The van der Waals surface area contributed by atoms with Crippen LogP contribution < -0.4 is 0 Å². The van der Waals surface area contributed by atoms with E-state index in [1.165, 1.54) is 24.0 Å². The Morgan fingerprint density at radius 1 is 1.08 bits per heavy atom. The van der Waals surface area contributed by atoms with Gasteiger partial charge in [0, 0.05) is 59.9 Å². The molecule has 190 valence electrons. The average molecular weight is 525 g/mol. The lowest BCUT2D eigenvalue weighted by atomic mass is 10.0. The normalized spacial score (nSPS) is 14.7. The fourth-order valence-corrected chi connectivity index (χ4v) is 6.03. The van der Waals surface area contributed by atoms with Crippen LogP contribution in [-0.4, -0.2) is 47.4 Å². The summed E-state index contributed by atoms with van der Waals surface area (Å²) < 4.78 is 18.3. The van der Waals surface area contributed by atoms with Crippen molar-refractivity contribution in [2.45, 2.75) is 42.3 Å². The molecule has 0 bridgehead atoms. The zero-order valence-corrected chi connectivity index (χ0v) is 21.6. The Morgan fingerprint density at radius 2 is 1.92 bits per heavy atom. The molecule has 5 aromatic rings. The molecule has 0 aliphatic carbocycles. The number of likely N-dealkylation sites (tertiary alicyclic amines) is 1. The Bertz CT molecular complexity index is 1630. The quantitative estimate of drug-likeness (QED) is 0.298. The van der Waals surface area contributed by atoms with Gasteiger partial charge in [-0.05, 0) is 50.1 Å². The second kappa shape index (κ2) is 10.4. The third-order valence-electron chi connectivity index (χ3n) is 7.00. The zero-order valence-electron chi connectivity index (χ0n) is 20.8. The molecule has 0 atom stereocenters. The number of nitrogens with zero attached hydrogens (tertiary/aromatic N) is 8. The Morgan fingerprint density at radius 3 is 2.68 bits per heavy atom. The van der Waals surface area contributed by atoms with Crippen LogP contribution in [0, 0.1) is 24.1 Å². The first kappa shape index (κ1) is 24.3. The molecular formula is C28H25FN8S. The zero-order chi connectivity index (χ0) is 26.1. The van der Waals surface area contributed by atoms with Crippen molar-refractivity contribution in [1.82, 2.24) is 34.3 Å². The first-order valence-electron chi connectivity index (χ1n) is 12.5. The van der Waals surface area contributed by atoms with E-state index >= 15 is 0 Å². The lowest BCUT2D eigenvalue weighted by molar-refractivity contribution is 0.170. The van der Waals surface area contributed by atoms with Gasteiger partial charge >= 0.3 is 0 Å². The number of nitriles is 1. The molecule has 1 aliphatic heterocycles. The van der Waals surface area contributed by atoms with E-state index in [9.17, 15) is 9.65 Å². The van der Waals surface area contributed by atoms with E-state index in [-0.39, 0.29) is 5.03 Å². The molecule has 1 aliphatic rings. The smallest absolute Gasteiger partial charge is 0.155 e. The molecule has 5 aromatic heterocycles. The summed E-state index contributed by atoms with van der Waals surface area (Å²) in [6, 6.07) is 13.5. The predicted octanol–water partition coefficient (Wildman–Crippen LogP) is 5.30. The highest BCUT2D eigenvalue weighted by Crippen LogP contribution is 2.37. The molecule has 0 N–H and O–H groups in total. The third kappa shape index (κ3) is 4.66. The van der Waals surface area contributed by atoms with Crippen molar-refractivity contribution >= 4 is 17.3 Å². The summed E-state index contributed by atoms with van der Waals surface area (Å²) in [5, 5.41) is 19.1. The minimum Gasteiger partial charge on any atom is -0.297 e. The number of piperidine rings is 1. The molecule has 8 nitrogen and oxygen atoms in total. The molecule has 6 heterocycles. The maximum absolute atomic E-state index is 14.4. The highest BCUT2D eigenvalue weighted by atomic mass is 32.2. The van der Waals surface area contributed by atoms with E-state index in [2.05, 4.69) is 43.7 Å². The average Bonchev–Trinajstić information content (AvgIpc) is 3.54. The first-order chi connectivity index (χ1) is 18.6. The molecule has 0 spiro atoms. The van der Waals surface area contributed by atoms with Crippen LogP contribution in [0.3, 0.4) is 0 Å². The monoisotopic (exact) mass is 524 g/mol. The largest absolute Gasteiger partial charge is 0.297 e. The van der Waals surface area contributed by atoms with Crippen molar-refractivity contribution in [3.63, 3.8) is 0 Å². The maximum Gasteiger partial charge on any atom is 0.155 e. The molecule has 10 heteroatoms. The first-order valence-corrected chi connectivity index (χ1v) is 13.3. The van der Waals surface area contributed by atoms with Crippen molar-refractivity contribution in [2.75, 3.05) is 13.1 Å². The van der Waals surface area contributed by atoms with E-state index in [1.807, 2.05) is 36.8 Å². The Hall–Kier alpha value is -4.07. The molecule has 0 unspecified atom stereocenters. The number of aromatic nitrogens is 6. The number of fused-ring (bicyclic) bond motifs is 1. The highest BCUT2D eigenvalue weighted by Gasteiger charge is 2.24. The number of halogens is 1. The van der Waals surface area contributed by atoms with Gasteiger partial charge in [0.05, 0.1) is 35.2 Å². The topological polar surface area (TPSA) is 87.9 Å². The molecule has 0 amide bonds. The van der Waals surface area contributed by atoms with Gasteiger partial charge in [-0.15, -0.1) is 0 Å². The van der Waals surface area contributed by atoms with Gasteiger partial charge in [-0.1, -0.05) is 17.8 Å². The van der Waals surface area contributed by atoms with Gasteiger partial charge in [0.25, 0.3) is 0 Å². The Labute approximate surface area is 223 Å². The Balaban J connectivity index is 1.27. The number of hydrogen-bond donors (Lipinski definition) is 0. The van der Waals surface area contributed by atoms with E-state index < -0.39 is 5.82 Å². The number of pyridine rings is 3. The molecule has 38 heavy (non-hydrogen) atoms. The second-order valence-corrected chi connectivity index (χ2v) is 10.4. The molecular weight excluding hydrogens is 499 g/mol. The van der Waals surface area contributed by atoms with Crippen LogP contribution >= 0.6 is 11.8 Å². The predicted molar refractivity (Wildman–Crippen MR) is 142 cm³/mol. The lowest BCUT2D eigenvalue weighted by Crippen LogP contribution is -2.35. The maximum atomic E-state index is 14.4.